The fourth-order valence-corrected chi connectivity index (χ4v) is 4.48. The van der Waals surface area contributed by atoms with E-state index in [1.165, 1.54) is 24.5 Å². The van der Waals surface area contributed by atoms with Gasteiger partial charge in [-0.05, 0) is 55.3 Å². The number of hydrogen-bond donors (Lipinski definition) is 1. The zero-order chi connectivity index (χ0) is 23.3. The standard InChI is InChI=1S/C24H21Cl2NO4S/c1-4-31-17-9-7-16(8-10-17)21-14(2)32-23(22(21)24(29)30-3)27-20(28)12-6-15-5-11-18(25)19(26)13-15/h5-13H,4H2,1-3H3,(H,27,28)/b12-6+. The number of aryl methyl sites for hydroxylation is 1. The Hall–Kier alpha value is -2.80. The minimum absolute atomic E-state index is 0.315. The Morgan fingerprint density at radius 2 is 1.81 bits per heavy atom. The number of thiophene rings is 1. The summed E-state index contributed by atoms with van der Waals surface area (Å²) in [4.78, 5) is 26.0. The molecule has 0 unspecified atom stereocenters. The Balaban J connectivity index is 1.90. The zero-order valence-corrected chi connectivity index (χ0v) is 20.0. The van der Waals surface area contributed by atoms with Gasteiger partial charge in [0.15, 0.2) is 0 Å². The van der Waals surface area contributed by atoms with Crippen LogP contribution in [0.25, 0.3) is 17.2 Å². The second-order valence-corrected chi connectivity index (χ2v) is 8.72. The average Bonchev–Trinajstić information content (AvgIpc) is 3.10. The van der Waals surface area contributed by atoms with Crippen LogP contribution < -0.4 is 10.1 Å². The summed E-state index contributed by atoms with van der Waals surface area (Å²) >= 11 is 13.2. The fourth-order valence-electron chi connectivity index (χ4n) is 3.10. The van der Waals surface area contributed by atoms with Crippen LogP contribution in [0.15, 0.2) is 48.5 Å². The van der Waals surface area contributed by atoms with E-state index < -0.39 is 5.97 Å². The van der Waals surface area contributed by atoms with E-state index >= 15 is 0 Å². The van der Waals surface area contributed by atoms with Crippen LogP contribution in [-0.4, -0.2) is 25.6 Å². The SMILES string of the molecule is CCOc1ccc(-c2c(C)sc(NC(=O)/C=C/c3ccc(Cl)c(Cl)c3)c2C(=O)OC)cc1. The summed E-state index contributed by atoms with van der Waals surface area (Å²) in [5, 5.41) is 4.05. The van der Waals surface area contributed by atoms with Crippen LogP contribution in [0.5, 0.6) is 5.75 Å². The summed E-state index contributed by atoms with van der Waals surface area (Å²) in [7, 11) is 1.31. The second-order valence-electron chi connectivity index (χ2n) is 6.68. The molecule has 1 heterocycles. The third-order valence-electron chi connectivity index (χ3n) is 4.54. The first-order chi connectivity index (χ1) is 15.3. The molecule has 0 saturated heterocycles. The summed E-state index contributed by atoms with van der Waals surface area (Å²) in [5.41, 5.74) is 2.58. The number of ether oxygens (including phenoxy) is 2. The first-order valence-electron chi connectivity index (χ1n) is 9.73. The molecule has 166 valence electrons. The lowest BCUT2D eigenvalue weighted by Crippen LogP contribution is -2.11. The minimum atomic E-state index is -0.526. The Labute approximate surface area is 200 Å². The van der Waals surface area contributed by atoms with Gasteiger partial charge in [-0.2, -0.15) is 0 Å². The number of halogens is 2. The molecule has 1 amide bonds. The number of anilines is 1. The topological polar surface area (TPSA) is 64.6 Å². The third-order valence-corrected chi connectivity index (χ3v) is 6.29. The van der Waals surface area contributed by atoms with Gasteiger partial charge in [0.05, 0.1) is 23.8 Å². The van der Waals surface area contributed by atoms with Crippen molar-refractivity contribution in [3.8, 4) is 16.9 Å². The van der Waals surface area contributed by atoms with E-state index in [9.17, 15) is 9.59 Å². The normalized spacial score (nSPS) is 10.9. The number of methoxy groups -OCH3 is 1. The molecule has 0 spiro atoms. The molecular weight excluding hydrogens is 469 g/mol. The number of nitrogens with one attached hydrogen (secondary N) is 1. The lowest BCUT2D eigenvalue weighted by molar-refractivity contribution is -0.111. The van der Waals surface area contributed by atoms with Crippen LogP contribution in [0.1, 0.15) is 27.7 Å². The third kappa shape index (κ3) is 5.51. The van der Waals surface area contributed by atoms with E-state index in [0.717, 1.165) is 21.8 Å². The maximum absolute atomic E-state index is 12.6. The number of rotatable bonds is 7. The van der Waals surface area contributed by atoms with Crippen molar-refractivity contribution in [2.24, 2.45) is 0 Å². The van der Waals surface area contributed by atoms with Gasteiger partial charge in [0, 0.05) is 16.5 Å². The van der Waals surface area contributed by atoms with Gasteiger partial charge in [-0.15, -0.1) is 11.3 Å². The summed E-state index contributed by atoms with van der Waals surface area (Å²) in [6, 6.07) is 12.5. The Bertz CT molecular complexity index is 1170. The highest BCUT2D eigenvalue weighted by Crippen LogP contribution is 2.40. The fraction of sp³-hybridized carbons (Fsp3) is 0.167. The molecule has 0 bridgehead atoms. The van der Waals surface area contributed by atoms with Crippen LogP contribution in [0, 0.1) is 6.92 Å². The Kier molecular flexibility index (Phi) is 7.96. The highest BCUT2D eigenvalue weighted by molar-refractivity contribution is 7.17. The van der Waals surface area contributed by atoms with Crippen molar-refractivity contribution >= 4 is 57.5 Å². The van der Waals surface area contributed by atoms with E-state index in [1.807, 2.05) is 38.1 Å². The molecule has 2 aromatic carbocycles. The highest BCUT2D eigenvalue weighted by Gasteiger charge is 2.24. The molecule has 3 rings (SSSR count). The number of carbonyl (C=O) groups excluding carboxylic acids is 2. The van der Waals surface area contributed by atoms with Crippen molar-refractivity contribution in [3.63, 3.8) is 0 Å². The quantitative estimate of drug-likeness (QED) is 0.290. The van der Waals surface area contributed by atoms with Crippen molar-refractivity contribution in [2.45, 2.75) is 13.8 Å². The van der Waals surface area contributed by atoms with Crippen molar-refractivity contribution < 1.29 is 19.1 Å². The molecule has 32 heavy (non-hydrogen) atoms. The van der Waals surface area contributed by atoms with Crippen LogP contribution in [-0.2, 0) is 9.53 Å². The van der Waals surface area contributed by atoms with Crippen LogP contribution in [0.2, 0.25) is 10.0 Å². The Morgan fingerprint density at radius 3 is 2.44 bits per heavy atom. The van der Waals surface area contributed by atoms with E-state index in [-0.39, 0.29) is 5.91 Å². The lowest BCUT2D eigenvalue weighted by Gasteiger charge is -2.08. The van der Waals surface area contributed by atoms with Gasteiger partial charge < -0.3 is 14.8 Å². The number of esters is 1. The van der Waals surface area contributed by atoms with Crippen LogP contribution in [0.3, 0.4) is 0 Å². The summed E-state index contributed by atoms with van der Waals surface area (Å²) in [5.74, 6) is -0.174. The highest BCUT2D eigenvalue weighted by atomic mass is 35.5. The first-order valence-corrected chi connectivity index (χ1v) is 11.3. The molecule has 0 atom stereocenters. The summed E-state index contributed by atoms with van der Waals surface area (Å²) < 4.78 is 10.5. The average molecular weight is 490 g/mol. The molecule has 0 saturated carbocycles. The van der Waals surface area contributed by atoms with Crippen molar-refractivity contribution in [2.75, 3.05) is 19.0 Å². The number of hydrogen-bond acceptors (Lipinski definition) is 5. The molecule has 1 aromatic heterocycles. The molecular formula is C24H21Cl2NO4S. The smallest absolute Gasteiger partial charge is 0.341 e. The van der Waals surface area contributed by atoms with Gasteiger partial charge in [0.25, 0.3) is 0 Å². The molecule has 0 fully saturated rings. The first kappa shape index (κ1) is 23.9. The van der Waals surface area contributed by atoms with Crippen molar-refractivity contribution in [1.82, 2.24) is 0 Å². The monoisotopic (exact) mass is 489 g/mol. The van der Waals surface area contributed by atoms with E-state index in [2.05, 4.69) is 5.32 Å². The van der Waals surface area contributed by atoms with E-state index in [1.54, 1.807) is 24.3 Å². The van der Waals surface area contributed by atoms with Gasteiger partial charge in [-0.3, -0.25) is 4.79 Å². The van der Waals surface area contributed by atoms with Gasteiger partial charge in [0.2, 0.25) is 5.91 Å². The molecule has 0 aliphatic heterocycles. The summed E-state index contributed by atoms with van der Waals surface area (Å²) in [6.07, 6.45) is 2.98. The van der Waals surface area contributed by atoms with Gasteiger partial charge in [-0.25, -0.2) is 4.79 Å². The zero-order valence-electron chi connectivity index (χ0n) is 17.7. The predicted octanol–water partition coefficient (Wildman–Crippen LogP) is 6.87. The van der Waals surface area contributed by atoms with E-state index in [0.29, 0.717) is 32.8 Å². The maximum Gasteiger partial charge on any atom is 0.341 e. The molecule has 3 aromatic rings. The maximum atomic E-state index is 12.6. The number of carbonyl (C=O) groups is 2. The van der Waals surface area contributed by atoms with Gasteiger partial charge in [0.1, 0.15) is 16.3 Å². The van der Waals surface area contributed by atoms with Gasteiger partial charge in [-0.1, -0.05) is 41.4 Å². The second kappa shape index (κ2) is 10.7. The largest absolute Gasteiger partial charge is 0.494 e. The molecule has 0 aliphatic rings. The van der Waals surface area contributed by atoms with Crippen LogP contribution in [0.4, 0.5) is 5.00 Å². The van der Waals surface area contributed by atoms with Gasteiger partial charge >= 0.3 is 5.97 Å². The minimum Gasteiger partial charge on any atom is -0.494 e. The number of benzene rings is 2. The molecule has 5 nitrogen and oxygen atoms in total. The van der Waals surface area contributed by atoms with Crippen molar-refractivity contribution in [3.05, 3.63) is 74.6 Å². The van der Waals surface area contributed by atoms with Crippen LogP contribution >= 0.6 is 34.5 Å². The lowest BCUT2D eigenvalue weighted by atomic mass is 10.0. The molecule has 0 aliphatic carbocycles. The Morgan fingerprint density at radius 1 is 1.09 bits per heavy atom. The predicted molar refractivity (Wildman–Crippen MR) is 131 cm³/mol. The van der Waals surface area contributed by atoms with Crippen molar-refractivity contribution in [1.29, 1.82) is 0 Å². The molecule has 1 N–H and O–H groups in total. The van der Waals surface area contributed by atoms with E-state index in [4.69, 9.17) is 32.7 Å². The number of amides is 1. The molecule has 0 radical (unpaired) electrons. The summed E-state index contributed by atoms with van der Waals surface area (Å²) in [6.45, 7) is 4.37. The molecule has 8 heteroatoms.